The Labute approximate surface area is 176 Å². The maximum absolute atomic E-state index is 13.3. The quantitative estimate of drug-likeness (QED) is 0.505. The number of rotatable bonds is 5. The lowest BCUT2D eigenvalue weighted by atomic mass is 10.1. The van der Waals surface area contributed by atoms with Crippen LogP contribution in [0.4, 0.5) is 4.39 Å². The summed E-state index contributed by atoms with van der Waals surface area (Å²) in [4.78, 5) is 6.58. The molecule has 0 spiro atoms. The molecule has 0 aliphatic carbocycles. The van der Waals surface area contributed by atoms with Crippen LogP contribution >= 0.6 is 11.6 Å². The molecule has 0 amide bonds. The van der Waals surface area contributed by atoms with E-state index in [9.17, 15) is 9.50 Å². The zero-order valence-electron chi connectivity index (χ0n) is 16.0. The van der Waals surface area contributed by atoms with E-state index < -0.39 is 11.9 Å². The number of hydrogen-bond acceptors (Lipinski definition) is 6. The molecule has 3 heterocycles. The first-order chi connectivity index (χ1) is 14.5. The lowest BCUT2D eigenvalue weighted by molar-refractivity contribution is 0.164. The number of aliphatic hydroxyl groups is 1. The van der Waals surface area contributed by atoms with Crippen molar-refractivity contribution in [3.8, 4) is 0 Å². The normalized spacial score (nSPS) is 19.7. The Morgan fingerprint density at radius 3 is 2.90 bits per heavy atom. The zero-order chi connectivity index (χ0) is 20.7. The molecule has 5 rings (SSSR count). The van der Waals surface area contributed by atoms with E-state index in [1.54, 1.807) is 6.07 Å². The van der Waals surface area contributed by atoms with Gasteiger partial charge in [-0.15, -0.1) is 0 Å². The van der Waals surface area contributed by atoms with Crippen LogP contribution in [0.25, 0.3) is 11.0 Å². The number of nitrogens with zero attached hydrogens (tertiary/aromatic N) is 3. The van der Waals surface area contributed by atoms with Gasteiger partial charge in [0.05, 0.1) is 18.7 Å². The van der Waals surface area contributed by atoms with Gasteiger partial charge in [-0.1, -0.05) is 41.0 Å². The van der Waals surface area contributed by atoms with Crippen molar-refractivity contribution in [2.75, 3.05) is 6.54 Å². The lowest BCUT2D eigenvalue weighted by Crippen LogP contribution is -2.24. The molecule has 1 saturated heterocycles. The monoisotopic (exact) mass is 427 g/mol. The summed E-state index contributed by atoms with van der Waals surface area (Å²) < 4.78 is 24.7. The maximum atomic E-state index is 13.3. The van der Waals surface area contributed by atoms with Gasteiger partial charge in [0, 0.05) is 23.4 Å². The molecule has 1 fully saturated rings. The van der Waals surface area contributed by atoms with Crippen LogP contribution in [-0.4, -0.2) is 32.8 Å². The van der Waals surface area contributed by atoms with Crippen LogP contribution in [0.15, 0.2) is 57.5 Å². The van der Waals surface area contributed by atoms with Crippen LogP contribution in [0.2, 0.25) is 5.02 Å². The van der Waals surface area contributed by atoms with Crippen LogP contribution in [0.3, 0.4) is 0 Å². The molecule has 0 bridgehead atoms. The second-order valence-electron chi connectivity index (χ2n) is 7.55. The van der Waals surface area contributed by atoms with E-state index in [1.165, 1.54) is 12.1 Å². The van der Waals surface area contributed by atoms with Gasteiger partial charge in [-0.3, -0.25) is 4.90 Å². The summed E-state index contributed by atoms with van der Waals surface area (Å²) in [6, 6.07) is 13.9. The van der Waals surface area contributed by atoms with Gasteiger partial charge in [0.15, 0.2) is 5.82 Å². The fourth-order valence-corrected chi connectivity index (χ4v) is 4.17. The Hall–Kier alpha value is -2.74. The highest BCUT2D eigenvalue weighted by Crippen LogP contribution is 2.34. The second kappa shape index (κ2) is 7.83. The molecule has 2 atom stereocenters. The molecule has 1 aliphatic rings. The summed E-state index contributed by atoms with van der Waals surface area (Å²) in [6.07, 6.45) is 0.349. The predicted octanol–water partition coefficient (Wildman–Crippen LogP) is 4.51. The van der Waals surface area contributed by atoms with Crippen molar-refractivity contribution in [1.29, 1.82) is 0 Å². The van der Waals surface area contributed by atoms with Gasteiger partial charge < -0.3 is 14.0 Å². The Balaban J connectivity index is 1.34. The van der Waals surface area contributed by atoms with Crippen LogP contribution in [0.1, 0.15) is 35.5 Å². The Kier molecular flexibility index (Phi) is 5.02. The van der Waals surface area contributed by atoms with Gasteiger partial charge in [0.2, 0.25) is 5.89 Å². The van der Waals surface area contributed by atoms with Crippen molar-refractivity contribution in [1.82, 2.24) is 15.0 Å². The van der Waals surface area contributed by atoms with Crippen molar-refractivity contribution >= 4 is 22.6 Å². The number of likely N-dealkylation sites (tertiary alicyclic amines) is 1. The topological polar surface area (TPSA) is 75.5 Å². The highest BCUT2D eigenvalue weighted by molar-refractivity contribution is 6.31. The third-order valence-corrected chi connectivity index (χ3v) is 5.70. The molecule has 2 aromatic carbocycles. The van der Waals surface area contributed by atoms with Crippen LogP contribution in [-0.2, 0) is 13.0 Å². The van der Waals surface area contributed by atoms with Gasteiger partial charge in [0.1, 0.15) is 17.2 Å². The fourth-order valence-electron chi connectivity index (χ4n) is 3.94. The third-order valence-electron chi connectivity index (χ3n) is 5.35. The van der Waals surface area contributed by atoms with E-state index in [1.807, 2.05) is 30.3 Å². The lowest BCUT2D eigenvalue weighted by Gasteiger charge is -2.19. The zero-order valence-corrected chi connectivity index (χ0v) is 16.7. The van der Waals surface area contributed by atoms with Gasteiger partial charge in [-0.05, 0) is 36.2 Å². The van der Waals surface area contributed by atoms with Crippen molar-refractivity contribution in [3.05, 3.63) is 82.4 Å². The minimum atomic E-state index is -0.485. The average Bonchev–Trinajstić information content (AvgIpc) is 3.42. The number of benzene rings is 2. The molecule has 4 aromatic rings. The minimum absolute atomic E-state index is 0.210. The number of aliphatic hydroxyl groups excluding tert-OH is 1. The van der Waals surface area contributed by atoms with Crippen molar-refractivity contribution in [2.24, 2.45) is 0 Å². The molecule has 6 nitrogen and oxygen atoms in total. The fraction of sp³-hybridized carbons (Fsp3) is 0.273. The molecule has 2 unspecified atom stereocenters. The second-order valence-corrected chi connectivity index (χ2v) is 7.95. The number of furan rings is 1. The largest absolute Gasteiger partial charge is 0.460 e. The SMILES string of the molecule is OC1CC(c2nc(Cc3ccc(F)cc3Cl)no2)N(Cc2cc3ccccc3o2)C1. The molecular weight excluding hydrogens is 409 g/mol. The number of aromatic nitrogens is 2. The molecule has 8 heteroatoms. The van der Waals surface area contributed by atoms with Gasteiger partial charge >= 0.3 is 0 Å². The van der Waals surface area contributed by atoms with Crippen molar-refractivity contribution in [3.63, 3.8) is 0 Å². The third kappa shape index (κ3) is 3.84. The summed E-state index contributed by atoms with van der Waals surface area (Å²) in [7, 11) is 0. The Bertz CT molecular complexity index is 1160. The Morgan fingerprint density at radius 2 is 2.07 bits per heavy atom. The van der Waals surface area contributed by atoms with Crippen molar-refractivity contribution < 1.29 is 18.4 Å². The first-order valence-corrected chi connectivity index (χ1v) is 10.1. The molecule has 1 N–H and O–H groups in total. The summed E-state index contributed by atoms with van der Waals surface area (Å²) in [5.74, 6) is 1.33. The van der Waals surface area contributed by atoms with E-state index in [0.29, 0.717) is 42.7 Å². The van der Waals surface area contributed by atoms with E-state index in [0.717, 1.165) is 22.3 Å². The Morgan fingerprint density at radius 1 is 1.20 bits per heavy atom. The summed E-state index contributed by atoms with van der Waals surface area (Å²) in [5.41, 5.74) is 1.55. The minimum Gasteiger partial charge on any atom is -0.460 e. The first kappa shape index (κ1) is 19.2. The summed E-state index contributed by atoms with van der Waals surface area (Å²) in [6.45, 7) is 1.02. The van der Waals surface area contributed by atoms with Crippen LogP contribution < -0.4 is 0 Å². The number of hydrogen-bond donors (Lipinski definition) is 1. The number of halogens is 2. The number of para-hydroxylation sites is 1. The number of β-amino-alcohol motifs (C(OH)–C–C–N with tert-alkyl or cyclic N) is 1. The molecule has 154 valence electrons. The van der Waals surface area contributed by atoms with Gasteiger partial charge in [-0.25, -0.2) is 4.39 Å². The predicted molar refractivity (Wildman–Crippen MR) is 109 cm³/mol. The molecule has 0 radical (unpaired) electrons. The highest BCUT2D eigenvalue weighted by atomic mass is 35.5. The summed E-state index contributed by atoms with van der Waals surface area (Å²) in [5, 5.41) is 15.7. The molecule has 30 heavy (non-hydrogen) atoms. The van der Waals surface area contributed by atoms with Crippen molar-refractivity contribution in [2.45, 2.75) is 31.5 Å². The molecule has 2 aromatic heterocycles. The van der Waals surface area contributed by atoms with Crippen LogP contribution in [0.5, 0.6) is 0 Å². The van der Waals surface area contributed by atoms with Gasteiger partial charge in [-0.2, -0.15) is 4.98 Å². The number of fused-ring (bicyclic) bond motifs is 1. The molecule has 1 aliphatic heterocycles. The smallest absolute Gasteiger partial charge is 0.244 e. The van der Waals surface area contributed by atoms with Crippen LogP contribution in [0, 0.1) is 5.82 Å². The maximum Gasteiger partial charge on any atom is 0.244 e. The highest BCUT2D eigenvalue weighted by Gasteiger charge is 2.36. The van der Waals surface area contributed by atoms with Gasteiger partial charge in [0.25, 0.3) is 0 Å². The van der Waals surface area contributed by atoms with E-state index in [-0.39, 0.29) is 6.04 Å². The van der Waals surface area contributed by atoms with E-state index >= 15 is 0 Å². The molecule has 0 saturated carbocycles. The first-order valence-electron chi connectivity index (χ1n) is 9.71. The molecular formula is C22H19ClFN3O3. The standard InChI is InChI=1S/C22H19ClFN3O3/c23-18-9-15(24)6-5-13(18)8-21-25-22(30-26-21)19-10-16(28)11-27(19)12-17-7-14-3-1-2-4-20(14)29-17/h1-7,9,16,19,28H,8,10-12H2. The average molecular weight is 428 g/mol. The summed E-state index contributed by atoms with van der Waals surface area (Å²) >= 11 is 6.10. The van der Waals surface area contributed by atoms with E-state index in [4.69, 9.17) is 20.5 Å². The van der Waals surface area contributed by atoms with E-state index in [2.05, 4.69) is 15.0 Å².